The van der Waals surface area contributed by atoms with Gasteiger partial charge < -0.3 is 20.3 Å². The van der Waals surface area contributed by atoms with E-state index in [4.69, 9.17) is 10.5 Å². The topological polar surface area (TPSA) is 91.3 Å². The van der Waals surface area contributed by atoms with Crippen LogP contribution in [0.25, 0.3) is 11.3 Å². The molecule has 2 N–H and O–H groups in total. The molecular weight excluding hydrogens is 376 g/mol. The van der Waals surface area contributed by atoms with E-state index in [1.807, 2.05) is 24.4 Å². The summed E-state index contributed by atoms with van der Waals surface area (Å²) in [4.78, 5) is 13.7. The lowest BCUT2D eigenvalue weighted by atomic mass is 9.92. The Hall–Kier alpha value is -2.85. The molecule has 2 aliphatic heterocycles. The summed E-state index contributed by atoms with van der Waals surface area (Å²) in [6.07, 6.45) is 6.67. The van der Waals surface area contributed by atoms with Crippen LogP contribution in [0.15, 0.2) is 24.4 Å². The summed E-state index contributed by atoms with van der Waals surface area (Å²) in [7, 11) is 0. The minimum Gasteiger partial charge on any atom is -0.383 e. The first-order valence-corrected chi connectivity index (χ1v) is 10.9. The zero-order valence-corrected chi connectivity index (χ0v) is 17.7. The lowest BCUT2D eigenvalue weighted by Gasteiger charge is -2.34. The standard InChI is InChI=1S/C23H30N6O/c1-2-3-17-6-8-28(9-7-17)21-14-20(27-23(25)19(21)15-24)18-4-5-22(26-16-18)29-10-12-30-13-11-29/h4-5,14,16-17H,2-3,6-13H2,1H3,(H2,25,27). The predicted molar refractivity (Wildman–Crippen MR) is 119 cm³/mol. The van der Waals surface area contributed by atoms with Gasteiger partial charge in [-0.15, -0.1) is 0 Å². The number of rotatable bonds is 5. The number of hydrogen-bond acceptors (Lipinski definition) is 7. The summed E-state index contributed by atoms with van der Waals surface area (Å²) in [6.45, 7) is 7.32. The number of aromatic nitrogens is 2. The average Bonchev–Trinajstić information content (AvgIpc) is 2.80. The van der Waals surface area contributed by atoms with Crippen molar-refractivity contribution in [3.63, 3.8) is 0 Å². The first-order chi connectivity index (χ1) is 14.7. The molecule has 0 aromatic carbocycles. The molecule has 0 bridgehead atoms. The Morgan fingerprint density at radius 2 is 1.93 bits per heavy atom. The van der Waals surface area contributed by atoms with Crippen molar-refractivity contribution >= 4 is 17.3 Å². The van der Waals surface area contributed by atoms with Crippen LogP contribution in [0.3, 0.4) is 0 Å². The van der Waals surface area contributed by atoms with Gasteiger partial charge in [0.15, 0.2) is 0 Å². The van der Waals surface area contributed by atoms with E-state index in [1.54, 1.807) is 0 Å². The SMILES string of the molecule is CCCC1CCN(c2cc(-c3ccc(N4CCOCC4)nc3)nc(N)c2C#N)CC1. The molecule has 2 saturated heterocycles. The van der Waals surface area contributed by atoms with E-state index in [1.165, 1.54) is 12.8 Å². The lowest BCUT2D eigenvalue weighted by molar-refractivity contribution is 0.122. The van der Waals surface area contributed by atoms with Crippen LogP contribution in [0, 0.1) is 17.2 Å². The van der Waals surface area contributed by atoms with Crippen molar-refractivity contribution in [2.24, 2.45) is 5.92 Å². The van der Waals surface area contributed by atoms with Crippen molar-refractivity contribution in [1.29, 1.82) is 5.26 Å². The minimum absolute atomic E-state index is 0.290. The normalized spacial score (nSPS) is 17.7. The van der Waals surface area contributed by atoms with Gasteiger partial charge in [-0.3, -0.25) is 0 Å². The highest BCUT2D eigenvalue weighted by Gasteiger charge is 2.23. The van der Waals surface area contributed by atoms with E-state index in [9.17, 15) is 5.26 Å². The second-order valence-corrected chi connectivity index (χ2v) is 8.12. The van der Waals surface area contributed by atoms with Gasteiger partial charge >= 0.3 is 0 Å². The maximum absolute atomic E-state index is 9.68. The van der Waals surface area contributed by atoms with Crippen molar-refractivity contribution in [2.45, 2.75) is 32.6 Å². The number of nitrogens with two attached hydrogens (primary N) is 1. The third kappa shape index (κ3) is 4.34. The first-order valence-electron chi connectivity index (χ1n) is 10.9. The van der Waals surface area contributed by atoms with Crippen LogP contribution < -0.4 is 15.5 Å². The van der Waals surface area contributed by atoms with Crippen molar-refractivity contribution in [3.8, 4) is 17.3 Å². The molecule has 158 valence electrons. The predicted octanol–water partition coefficient (Wildman–Crippen LogP) is 3.45. The lowest BCUT2D eigenvalue weighted by Crippen LogP contribution is -2.36. The maximum atomic E-state index is 9.68. The van der Waals surface area contributed by atoms with Gasteiger partial charge in [-0.2, -0.15) is 5.26 Å². The molecule has 2 fully saturated rings. The second-order valence-electron chi connectivity index (χ2n) is 8.12. The molecule has 4 rings (SSSR count). The fourth-order valence-corrected chi connectivity index (χ4v) is 4.45. The molecule has 2 aromatic rings. The van der Waals surface area contributed by atoms with Gasteiger partial charge in [0.25, 0.3) is 0 Å². The minimum atomic E-state index is 0.290. The number of nitrogen functional groups attached to an aromatic ring is 1. The van der Waals surface area contributed by atoms with E-state index in [-0.39, 0.29) is 5.82 Å². The summed E-state index contributed by atoms with van der Waals surface area (Å²) in [5.41, 5.74) is 9.24. The Morgan fingerprint density at radius 1 is 1.17 bits per heavy atom. The van der Waals surface area contributed by atoms with Gasteiger partial charge in [0.05, 0.1) is 24.6 Å². The molecule has 2 aliphatic rings. The zero-order chi connectivity index (χ0) is 20.9. The molecule has 2 aromatic heterocycles. The van der Waals surface area contributed by atoms with Crippen LogP contribution in [0.1, 0.15) is 38.2 Å². The Morgan fingerprint density at radius 3 is 2.57 bits per heavy atom. The summed E-state index contributed by atoms with van der Waals surface area (Å²) < 4.78 is 5.42. The molecule has 0 aliphatic carbocycles. The van der Waals surface area contributed by atoms with Crippen molar-refractivity contribution < 1.29 is 4.74 Å². The zero-order valence-electron chi connectivity index (χ0n) is 17.7. The van der Waals surface area contributed by atoms with Gasteiger partial charge in [0.2, 0.25) is 0 Å². The van der Waals surface area contributed by atoms with Gasteiger partial charge in [0, 0.05) is 37.9 Å². The van der Waals surface area contributed by atoms with E-state index in [0.717, 1.165) is 80.9 Å². The summed E-state index contributed by atoms with van der Waals surface area (Å²) in [5.74, 6) is 2.02. The number of anilines is 3. The highest BCUT2D eigenvalue weighted by Crippen LogP contribution is 2.33. The maximum Gasteiger partial charge on any atom is 0.144 e. The van der Waals surface area contributed by atoms with Crippen LogP contribution in [0.4, 0.5) is 17.3 Å². The molecule has 30 heavy (non-hydrogen) atoms. The number of hydrogen-bond donors (Lipinski definition) is 1. The number of morpholine rings is 1. The van der Waals surface area contributed by atoms with E-state index < -0.39 is 0 Å². The molecule has 0 saturated carbocycles. The third-order valence-corrected chi connectivity index (χ3v) is 6.17. The average molecular weight is 407 g/mol. The third-order valence-electron chi connectivity index (χ3n) is 6.17. The molecule has 0 amide bonds. The largest absolute Gasteiger partial charge is 0.383 e. The van der Waals surface area contributed by atoms with Gasteiger partial charge in [-0.25, -0.2) is 9.97 Å². The number of pyridine rings is 2. The fraction of sp³-hybridized carbons (Fsp3) is 0.522. The Labute approximate surface area is 178 Å². The number of piperidine rings is 1. The molecule has 0 unspecified atom stereocenters. The van der Waals surface area contributed by atoms with Crippen LogP contribution in [-0.4, -0.2) is 49.4 Å². The number of nitriles is 1. The van der Waals surface area contributed by atoms with E-state index in [0.29, 0.717) is 5.56 Å². The smallest absolute Gasteiger partial charge is 0.144 e. The summed E-state index contributed by atoms with van der Waals surface area (Å²) >= 11 is 0. The van der Waals surface area contributed by atoms with Crippen LogP contribution in [0.2, 0.25) is 0 Å². The highest BCUT2D eigenvalue weighted by molar-refractivity contribution is 5.75. The monoisotopic (exact) mass is 406 g/mol. The molecule has 4 heterocycles. The van der Waals surface area contributed by atoms with Crippen molar-refractivity contribution in [1.82, 2.24) is 9.97 Å². The Kier molecular flexibility index (Phi) is 6.34. The molecule has 0 atom stereocenters. The first kappa shape index (κ1) is 20.4. The van der Waals surface area contributed by atoms with Gasteiger partial charge in [-0.05, 0) is 37.0 Å². The van der Waals surface area contributed by atoms with Crippen LogP contribution in [0.5, 0.6) is 0 Å². The van der Waals surface area contributed by atoms with Gasteiger partial charge in [0.1, 0.15) is 23.3 Å². The second kappa shape index (κ2) is 9.31. The Bertz CT molecular complexity index is 893. The van der Waals surface area contributed by atoms with E-state index >= 15 is 0 Å². The quantitative estimate of drug-likeness (QED) is 0.813. The fourth-order valence-electron chi connectivity index (χ4n) is 4.45. The molecule has 7 heteroatoms. The van der Waals surface area contributed by atoms with Crippen LogP contribution in [-0.2, 0) is 4.74 Å². The van der Waals surface area contributed by atoms with Crippen LogP contribution >= 0.6 is 0 Å². The summed E-state index contributed by atoms with van der Waals surface area (Å²) in [5, 5.41) is 9.68. The molecule has 7 nitrogen and oxygen atoms in total. The Balaban J connectivity index is 1.58. The van der Waals surface area contributed by atoms with Crippen molar-refractivity contribution in [2.75, 3.05) is 54.9 Å². The molecular formula is C23H30N6O. The molecule has 0 radical (unpaired) electrons. The van der Waals surface area contributed by atoms with Crippen molar-refractivity contribution in [3.05, 3.63) is 30.0 Å². The molecule has 0 spiro atoms. The number of nitrogens with zero attached hydrogens (tertiary/aromatic N) is 5. The van der Waals surface area contributed by atoms with Gasteiger partial charge in [-0.1, -0.05) is 19.8 Å². The summed E-state index contributed by atoms with van der Waals surface area (Å²) in [6, 6.07) is 8.32. The van der Waals surface area contributed by atoms with E-state index in [2.05, 4.69) is 32.8 Å². The highest BCUT2D eigenvalue weighted by atomic mass is 16.5. The number of ether oxygens (including phenoxy) is 1.